The summed E-state index contributed by atoms with van der Waals surface area (Å²) in [4.78, 5) is 22.8. The molecule has 24 heavy (non-hydrogen) atoms. The molecule has 1 fully saturated rings. The van der Waals surface area contributed by atoms with Crippen molar-refractivity contribution >= 4 is 5.91 Å². The van der Waals surface area contributed by atoms with Gasteiger partial charge in [0.1, 0.15) is 17.4 Å². The van der Waals surface area contributed by atoms with Crippen LogP contribution in [-0.2, 0) is 0 Å². The van der Waals surface area contributed by atoms with Crippen LogP contribution in [0.25, 0.3) is 0 Å². The average molecular weight is 327 g/mol. The molecule has 1 atom stereocenters. The van der Waals surface area contributed by atoms with Crippen LogP contribution in [0.5, 0.6) is 11.6 Å². The van der Waals surface area contributed by atoms with Crippen molar-refractivity contribution in [2.24, 2.45) is 0 Å². The maximum atomic E-state index is 12.8. The van der Waals surface area contributed by atoms with Crippen molar-refractivity contribution in [2.45, 2.75) is 25.9 Å². The number of hydrogen-bond acceptors (Lipinski definition) is 5. The number of aromatic nitrogens is 2. The summed E-state index contributed by atoms with van der Waals surface area (Å²) >= 11 is 0. The van der Waals surface area contributed by atoms with Gasteiger partial charge in [0.2, 0.25) is 5.88 Å². The molecular formula is C18H21N3O3. The molecule has 1 unspecified atom stereocenters. The molecule has 2 aromatic heterocycles. The van der Waals surface area contributed by atoms with Gasteiger partial charge in [-0.1, -0.05) is 0 Å². The fourth-order valence-corrected chi connectivity index (χ4v) is 2.80. The van der Waals surface area contributed by atoms with Gasteiger partial charge in [0, 0.05) is 25.1 Å². The van der Waals surface area contributed by atoms with Crippen molar-refractivity contribution in [1.29, 1.82) is 0 Å². The largest absolute Gasteiger partial charge is 0.488 e. The minimum atomic E-state index is -0.0606. The van der Waals surface area contributed by atoms with E-state index < -0.39 is 0 Å². The first-order chi connectivity index (χ1) is 11.8. The van der Waals surface area contributed by atoms with E-state index in [1.807, 2.05) is 24.0 Å². The third-order valence-corrected chi connectivity index (χ3v) is 3.90. The number of likely N-dealkylation sites (tertiary alicyclic amines) is 1. The Labute approximate surface area is 141 Å². The third kappa shape index (κ3) is 3.82. The van der Waals surface area contributed by atoms with Crippen LogP contribution in [0, 0.1) is 0 Å². The maximum Gasteiger partial charge on any atom is 0.259 e. The molecule has 0 radical (unpaired) electrons. The van der Waals surface area contributed by atoms with E-state index in [0.717, 1.165) is 25.1 Å². The maximum absolute atomic E-state index is 12.8. The van der Waals surface area contributed by atoms with Gasteiger partial charge in [-0.05, 0) is 44.0 Å². The Kier molecular flexibility index (Phi) is 5.25. The number of carbonyl (C=O) groups excluding carboxylic acids is 1. The van der Waals surface area contributed by atoms with Crippen molar-refractivity contribution in [3.63, 3.8) is 0 Å². The predicted molar refractivity (Wildman–Crippen MR) is 89.2 cm³/mol. The summed E-state index contributed by atoms with van der Waals surface area (Å²) in [6.45, 7) is 3.63. The zero-order chi connectivity index (χ0) is 16.8. The number of amides is 1. The van der Waals surface area contributed by atoms with Crippen molar-refractivity contribution < 1.29 is 14.3 Å². The summed E-state index contributed by atoms with van der Waals surface area (Å²) in [6.07, 6.45) is 6.85. The number of carbonyl (C=O) groups is 1. The van der Waals surface area contributed by atoms with Gasteiger partial charge in [-0.25, -0.2) is 4.98 Å². The van der Waals surface area contributed by atoms with Gasteiger partial charge >= 0.3 is 0 Å². The van der Waals surface area contributed by atoms with Crippen LogP contribution in [-0.4, -0.2) is 46.6 Å². The first-order valence-electron chi connectivity index (χ1n) is 8.21. The first-order valence-corrected chi connectivity index (χ1v) is 8.21. The fraction of sp³-hybridized carbons (Fsp3) is 0.389. The molecule has 0 bridgehead atoms. The Morgan fingerprint density at radius 1 is 1.29 bits per heavy atom. The van der Waals surface area contributed by atoms with Gasteiger partial charge in [0.05, 0.1) is 13.2 Å². The van der Waals surface area contributed by atoms with Crippen LogP contribution in [0.15, 0.2) is 42.9 Å². The molecule has 1 aliphatic rings. The first kappa shape index (κ1) is 16.2. The summed E-state index contributed by atoms with van der Waals surface area (Å²) in [7, 11) is 0. The summed E-state index contributed by atoms with van der Waals surface area (Å²) in [5.74, 6) is 1.11. The number of ether oxygens (including phenoxy) is 2. The number of hydrogen-bond donors (Lipinski definition) is 0. The summed E-state index contributed by atoms with van der Waals surface area (Å²) in [5, 5.41) is 0. The lowest BCUT2D eigenvalue weighted by molar-refractivity contribution is 0.0533. The summed E-state index contributed by atoms with van der Waals surface area (Å²) in [5.41, 5.74) is 0.504. The van der Waals surface area contributed by atoms with Crippen LogP contribution >= 0.6 is 0 Å². The Balaban J connectivity index is 1.69. The Morgan fingerprint density at radius 2 is 2.12 bits per heavy atom. The van der Waals surface area contributed by atoms with Crippen molar-refractivity contribution in [1.82, 2.24) is 14.9 Å². The van der Waals surface area contributed by atoms with Crippen molar-refractivity contribution in [2.75, 3.05) is 19.7 Å². The zero-order valence-corrected chi connectivity index (χ0v) is 13.7. The van der Waals surface area contributed by atoms with E-state index in [9.17, 15) is 4.79 Å². The molecule has 6 heteroatoms. The van der Waals surface area contributed by atoms with Gasteiger partial charge in [0.15, 0.2) is 0 Å². The number of rotatable bonds is 5. The fourth-order valence-electron chi connectivity index (χ4n) is 2.80. The Bertz CT molecular complexity index is 678. The second-order valence-corrected chi connectivity index (χ2v) is 5.61. The average Bonchev–Trinajstić information content (AvgIpc) is 2.63. The molecule has 0 N–H and O–H groups in total. The second kappa shape index (κ2) is 7.77. The molecule has 0 aliphatic carbocycles. The zero-order valence-electron chi connectivity index (χ0n) is 13.7. The van der Waals surface area contributed by atoms with Crippen LogP contribution in [0.2, 0.25) is 0 Å². The molecule has 0 saturated carbocycles. The minimum Gasteiger partial charge on any atom is -0.488 e. The highest BCUT2D eigenvalue weighted by Gasteiger charge is 2.27. The normalized spacial score (nSPS) is 17.4. The molecule has 1 saturated heterocycles. The molecule has 0 aromatic carbocycles. The number of piperidine rings is 1. The highest BCUT2D eigenvalue weighted by atomic mass is 16.5. The topological polar surface area (TPSA) is 64.5 Å². The molecule has 6 nitrogen and oxygen atoms in total. The van der Waals surface area contributed by atoms with Crippen molar-refractivity contribution in [3.05, 3.63) is 48.4 Å². The molecule has 1 aliphatic heterocycles. The molecule has 3 rings (SSSR count). The van der Waals surface area contributed by atoms with Crippen molar-refractivity contribution in [3.8, 4) is 11.6 Å². The van der Waals surface area contributed by atoms with E-state index in [1.54, 1.807) is 30.7 Å². The quantitative estimate of drug-likeness (QED) is 0.844. The molecule has 1 amide bonds. The summed E-state index contributed by atoms with van der Waals surface area (Å²) in [6, 6.07) is 7.17. The van der Waals surface area contributed by atoms with Gasteiger partial charge in [0.25, 0.3) is 5.91 Å². The molecule has 3 heterocycles. The lowest BCUT2D eigenvalue weighted by Gasteiger charge is -2.33. The number of pyridine rings is 2. The minimum absolute atomic E-state index is 0.0164. The monoisotopic (exact) mass is 327 g/mol. The predicted octanol–water partition coefficient (Wildman–Crippen LogP) is 2.56. The number of nitrogens with zero attached hydrogens (tertiary/aromatic N) is 3. The van der Waals surface area contributed by atoms with Gasteiger partial charge in [-0.15, -0.1) is 0 Å². The standard InChI is InChI=1S/C18H21N3O3/c1-2-23-17-16(6-3-9-20-17)18(22)21-12-4-5-15(13-21)24-14-7-10-19-11-8-14/h3,6-11,15H,2,4-5,12-13H2,1H3. The lowest BCUT2D eigenvalue weighted by atomic mass is 10.1. The Morgan fingerprint density at radius 3 is 2.92 bits per heavy atom. The Hall–Kier alpha value is -2.63. The highest BCUT2D eigenvalue weighted by Crippen LogP contribution is 2.22. The van der Waals surface area contributed by atoms with E-state index in [4.69, 9.17) is 9.47 Å². The van der Waals surface area contributed by atoms with E-state index in [0.29, 0.717) is 24.6 Å². The van der Waals surface area contributed by atoms with Crippen LogP contribution in [0.4, 0.5) is 0 Å². The van der Waals surface area contributed by atoms with E-state index in [2.05, 4.69) is 9.97 Å². The third-order valence-electron chi connectivity index (χ3n) is 3.90. The van der Waals surface area contributed by atoms with Crippen LogP contribution < -0.4 is 9.47 Å². The SMILES string of the molecule is CCOc1ncccc1C(=O)N1CCCC(Oc2ccncc2)C1. The van der Waals surface area contributed by atoms with Crippen LogP contribution in [0.3, 0.4) is 0 Å². The van der Waals surface area contributed by atoms with E-state index >= 15 is 0 Å². The van der Waals surface area contributed by atoms with E-state index in [-0.39, 0.29) is 12.0 Å². The molecular weight excluding hydrogens is 306 g/mol. The molecule has 0 spiro atoms. The smallest absolute Gasteiger partial charge is 0.259 e. The molecule has 2 aromatic rings. The van der Waals surface area contributed by atoms with Gasteiger partial charge in [-0.3, -0.25) is 9.78 Å². The van der Waals surface area contributed by atoms with Crippen LogP contribution in [0.1, 0.15) is 30.1 Å². The summed E-state index contributed by atoms with van der Waals surface area (Å²) < 4.78 is 11.4. The van der Waals surface area contributed by atoms with Gasteiger partial charge < -0.3 is 14.4 Å². The lowest BCUT2D eigenvalue weighted by Crippen LogP contribution is -2.44. The highest BCUT2D eigenvalue weighted by molar-refractivity contribution is 5.96. The molecule has 126 valence electrons. The van der Waals surface area contributed by atoms with E-state index in [1.165, 1.54) is 0 Å². The second-order valence-electron chi connectivity index (χ2n) is 5.61. The van der Waals surface area contributed by atoms with Gasteiger partial charge in [-0.2, -0.15) is 0 Å².